The van der Waals surface area contributed by atoms with Gasteiger partial charge in [0.15, 0.2) is 5.13 Å². The highest BCUT2D eigenvalue weighted by molar-refractivity contribution is 7.14. The van der Waals surface area contributed by atoms with Crippen molar-refractivity contribution >= 4 is 22.4 Å². The summed E-state index contributed by atoms with van der Waals surface area (Å²) in [5, 5.41) is 5.99. The molecule has 144 valence electrons. The van der Waals surface area contributed by atoms with E-state index in [-0.39, 0.29) is 17.8 Å². The lowest BCUT2D eigenvalue weighted by atomic mass is 10.1. The van der Waals surface area contributed by atoms with Crippen molar-refractivity contribution in [2.45, 2.75) is 25.8 Å². The Bertz CT molecular complexity index is 949. The van der Waals surface area contributed by atoms with Gasteiger partial charge in [-0.05, 0) is 44.0 Å². The summed E-state index contributed by atoms with van der Waals surface area (Å²) in [6, 6.07) is 6.48. The monoisotopic (exact) mass is 397 g/mol. The Morgan fingerprint density at radius 2 is 1.93 bits per heavy atom. The van der Waals surface area contributed by atoms with Gasteiger partial charge in [-0.15, -0.1) is 11.3 Å². The van der Waals surface area contributed by atoms with Gasteiger partial charge in [-0.2, -0.15) is 0 Å². The molecule has 3 heterocycles. The zero-order valence-corrected chi connectivity index (χ0v) is 16.2. The number of carbonyl (C=O) groups is 1. The molecule has 28 heavy (non-hydrogen) atoms. The molecule has 1 fully saturated rings. The van der Waals surface area contributed by atoms with Crippen LogP contribution < -0.4 is 10.2 Å². The van der Waals surface area contributed by atoms with E-state index >= 15 is 0 Å². The van der Waals surface area contributed by atoms with Gasteiger partial charge in [0.25, 0.3) is 5.91 Å². The minimum atomic E-state index is -0.250. The smallest absolute Gasteiger partial charge is 0.271 e. The second kappa shape index (κ2) is 8.02. The zero-order chi connectivity index (χ0) is 19.5. The highest BCUT2D eigenvalue weighted by atomic mass is 32.1. The van der Waals surface area contributed by atoms with Crippen LogP contribution in [0.3, 0.4) is 0 Å². The molecule has 0 unspecified atom stereocenters. The van der Waals surface area contributed by atoms with Crippen LogP contribution in [0, 0.1) is 12.7 Å². The Kier molecular flexibility index (Phi) is 5.29. The lowest BCUT2D eigenvalue weighted by Crippen LogP contribution is -2.44. The van der Waals surface area contributed by atoms with E-state index in [0.29, 0.717) is 5.69 Å². The molecule has 0 atom stereocenters. The second-order valence-corrected chi connectivity index (χ2v) is 7.64. The Morgan fingerprint density at radius 1 is 1.18 bits per heavy atom. The van der Waals surface area contributed by atoms with Crippen LogP contribution >= 0.6 is 11.3 Å². The Hall–Kier alpha value is -2.87. The van der Waals surface area contributed by atoms with E-state index in [9.17, 15) is 9.18 Å². The number of benzene rings is 1. The third-order valence-corrected chi connectivity index (χ3v) is 5.65. The number of amides is 1. The molecule has 3 aromatic rings. The predicted octanol–water partition coefficient (Wildman–Crippen LogP) is 3.45. The third-order valence-electron chi connectivity index (χ3n) is 4.75. The van der Waals surface area contributed by atoms with Crippen molar-refractivity contribution in [3.05, 3.63) is 59.2 Å². The zero-order valence-electron chi connectivity index (χ0n) is 15.4. The van der Waals surface area contributed by atoms with E-state index in [0.717, 1.165) is 48.0 Å². The molecule has 0 aliphatic carbocycles. The van der Waals surface area contributed by atoms with E-state index in [4.69, 9.17) is 4.98 Å². The number of nitrogens with one attached hydrogen (secondary N) is 1. The van der Waals surface area contributed by atoms with Gasteiger partial charge in [0.05, 0.1) is 17.6 Å². The Labute approximate surface area is 166 Å². The fourth-order valence-corrected chi connectivity index (χ4v) is 4.04. The van der Waals surface area contributed by atoms with E-state index in [2.05, 4.69) is 20.2 Å². The molecule has 1 saturated heterocycles. The van der Waals surface area contributed by atoms with Crippen LogP contribution in [0.2, 0.25) is 0 Å². The summed E-state index contributed by atoms with van der Waals surface area (Å²) in [6.07, 6.45) is 4.79. The fourth-order valence-electron chi connectivity index (χ4n) is 3.15. The maximum Gasteiger partial charge on any atom is 0.271 e. The van der Waals surface area contributed by atoms with Crippen molar-refractivity contribution in [1.82, 2.24) is 20.3 Å². The number of halogens is 1. The van der Waals surface area contributed by atoms with Crippen LogP contribution in [0.25, 0.3) is 11.3 Å². The molecule has 6 nitrogen and oxygen atoms in total. The first-order chi connectivity index (χ1) is 13.6. The fraction of sp³-hybridized carbons (Fsp3) is 0.300. The highest BCUT2D eigenvalue weighted by Gasteiger charge is 2.23. The molecule has 1 aliphatic rings. The van der Waals surface area contributed by atoms with Gasteiger partial charge in [0.2, 0.25) is 0 Å². The first kappa shape index (κ1) is 18.5. The summed E-state index contributed by atoms with van der Waals surface area (Å²) in [7, 11) is 0. The SMILES string of the molecule is Cc1cnc(C(=O)NC2CCN(c3nc(-c4ccc(F)cc4)cs3)CC2)cn1. The molecule has 0 bridgehead atoms. The van der Waals surface area contributed by atoms with Gasteiger partial charge in [-0.3, -0.25) is 9.78 Å². The topological polar surface area (TPSA) is 71.0 Å². The number of carbonyl (C=O) groups excluding carboxylic acids is 1. The van der Waals surface area contributed by atoms with Crippen LogP contribution in [0.4, 0.5) is 9.52 Å². The molecule has 4 rings (SSSR count). The summed E-state index contributed by atoms with van der Waals surface area (Å²) in [5.74, 6) is -0.432. The van der Waals surface area contributed by atoms with Gasteiger partial charge in [-0.1, -0.05) is 0 Å². The van der Waals surface area contributed by atoms with Crippen molar-refractivity contribution in [3.8, 4) is 11.3 Å². The van der Waals surface area contributed by atoms with Crippen molar-refractivity contribution < 1.29 is 9.18 Å². The summed E-state index contributed by atoms with van der Waals surface area (Å²) >= 11 is 1.58. The number of aromatic nitrogens is 3. The number of rotatable bonds is 4. The minimum Gasteiger partial charge on any atom is -0.348 e. The lowest BCUT2D eigenvalue weighted by Gasteiger charge is -2.32. The van der Waals surface area contributed by atoms with E-state index < -0.39 is 0 Å². The van der Waals surface area contributed by atoms with Crippen molar-refractivity contribution in [2.24, 2.45) is 0 Å². The Morgan fingerprint density at radius 3 is 2.61 bits per heavy atom. The molecule has 1 amide bonds. The molecule has 1 aliphatic heterocycles. The van der Waals surface area contributed by atoms with Gasteiger partial charge < -0.3 is 10.2 Å². The number of anilines is 1. The van der Waals surface area contributed by atoms with Crippen LogP contribution in [-0.4, -0.2) is 40.0 Å². The van der Waals surface area contributed by atoms with Gasteiger partial charge >= 0.3 is 0 Å². The van der Waals surface area contributed by atoms with Crippen LogP contribution in [0.5, 0.6) is 0 Å². The maximum absolute atomic E-state index is 13.1. The molecular formula is C20H20FN5OS. The number of hydrogen-bond acceptors (Lipinski definition) is 6. The third kappa shape index (κ3) is 4.17. The predicted molar refractivity (Wildman–Crippen MR) is 107 cm³/mol. The largest absolute Gasteiger partial charge is 0.348 e. The van der Waals surface area contributed by atoms with Crippen LogP contribution in [0.15, 0.2) is 42.0 Å². The van der Waals surface area contributed by atoms with Crippen molar-refractivity contribution in [2.75, 3.05) is 18.0 Å². The van der Waals surface area contributed by atoms with Crippen LogP contribution in [0.1, 0.15) is 29.0 Å². The number of thiazole rings is 1. The Balaban J connectivity index is 1.33. The summed E-state index contributed by atoms with van der Waals surface area (Å²) in [4.78, 5) is 27.5. The number of piperidine rings is 1. The highest BCUT2D eigenvalue weighted by Crippen LogP contribution is 2.29. The normalized spacial score (nSPS) is 14.9. The average molecular weight is 397 g/mol. The number of nitrogens with zero attached hydrogens (tertiary/aromatic N) is 4. The van der Waals surface area contributed by atoms with Crippen molar-refractivity contribution in [3.63, 3.8) is 0 Å². The first-order valence-electron chi connectivity index (χ1n) is 9.14. The van der Waals surface area contributed by atoms with E-state index in [1.807, 2.05) is 12.3 Å². The second-order valence-electron chi connectivity index (χ2n) is 6.80. The molecule has 1 aromatic carbocycles. The molecule has 1 N–H and O–H groups in total. The van der Waals surface area contributed by atoms with Gasteiger partial charge in [0.1, 0.15) is 11.5 Å². The quantitative estimate of drug-likeness (QED) is 0.730. The summed E-state index contributed by atoms with van der Waals surface area (Å²) in [6.45, 7) is 3.48. The molecule has 8 heteroatoms. The van der Waals surface area contributed by atoms with Gasteiger partial charge in [-0.25, -0.2) is 14.4 Å². The van der Waals surface area contributed by atoms with Crippen molar-refractivity contribution in [1.29, 1.82) is 0 Å². The van der Waals surface area contributed by atoms with Crippen LogP contribution in [-0.2, 0) is 0 Å². The molecule has 0 radical (unpaired) electrons. The lowest BCUT2D eigenvalue weighted by molar-refractivity contribution is 0.0925. The number of hydrogen-bond donors (Lipinski definition) is 1. The molecule has 0 spiro atoms. The average Bonchev–Trinajstić information content (AvgIpc) is 3.20. The molecular weight excluding hydrogens is 377 g/mol. The first-order valence-corrected chi connectivity index (χ1v) is 10.0. The summed E-state index contributed by atoms with van der Waals surface area (Å²) < 4.78 is 13.1. The minimum absolute atomic E-state index is 0.114. The number of aryl methyl sites for hydroxylation is 1. The summed E-state index contributed by atoms with van der Waals surface area (Å²) in [5.41, 5.74) is 2.89. The molecule has 0 saturated carbocycles. The van der Waals surface area contributed by atoms with Gasteiger partial charge in [0, 0.05) is 36.3 Å². The maximum atomic E-state index is 13.1. The molecule has 2 aromatic heterocycles. The standard InChI is InChI=1S/C20H20FN5OS/c1-13-10-23-17(11-22-13)19(27)24-16-6-8-26(9-7-16)20-25-18(12-28-20)14-2-4-15(21)5-3-14/h2-5,10-12,16H,6-9H2,1H3,(H,24,27). The van der Waals surface area contributed by atoms with E-state index in [1.54, 1.807) is 29.7 Å². The van der Waals surface area contributed by atoms with E-state index in [1.165, 1.54) is 18.3 Å².